The number of esters is 1. The molecule has 0 aromatic heterocycles. The standard InChI is InChI=1S/C10H9BrO3/c11-4-5-3-8-6-1-2-7(8)10(13-5)14-9(6)12/h1-3,6-8,10H,4H2/t6-,7+,8-,10+/m1/s1. The average molecular weight is 257 g/mol. The Labute approximate surface area is 89.9 Å². The third-order valence-electron chi connectivity index (χ3n) is 3.00. The fraction of sp³-hybridized carbons (Fsp3) is 0.500. The first-order valence-corrected chi connectivity index (χ1v) is 5.74. The number of carbonyl (C=O) groups is 1. The zero-order chi connectivity index (χ0) is 9.71. The Balaban J connectivity index is 2.01. The highest BCUT2D eigenvalue weighted by Crippen LogP contribution is 2.45. The van der Waals surface area contributed by atoms with Crippen LogP contribution in [0.25, 0.3) is 0 Å². The van der Waals surface area contributed by atoms with Gasteiger partial charge >= 0.3 is 5.97 Å². The highest BCUT2D eigenvalue weighted by molar-refractivity contribution is 9.09. The zero-order valence-electron chi connectivity index (χ0n) is 7.35. The van der Waals surface area contributed by atoms with Crippen LogP contribution in [0.1, 0.15) is 0 Å². The topological polar surface area (TPSA) is 35.5 Å². The number of halogens is 1. The second kappa shape index (κ2) is 2.86. The summed E-state index contributed by atoms with van der Waals surface area (Å²) in [5, 5.41) is 0.678. The maximum Gasteiger partial charge on any atom is 0.316 e. The minimum Gasteiger partial charge on any atom is -0.458 e. The van der Waals surface area contributed by atoms with Crippen LogP contribution in [0.5, 0.6) is 0 Å². The number of hydrogen-bond donors (Lipinski definition) is 0. The van der Waals surface area contributed by atoms with Crippen LogP contribution in [0, 0.1) is 17.8 Å². The summed E-state index contributed by atoms with van der Waals surface area (Å²) in [6.45, 7) is 0. The van der Waals surface area contributed by atoms with Crippen molar-refractivity contribution in [3.63, 3.8) is 0 Å². The van der Waals surface area contributed by atoms with Gasteiger partial charge in [0, 0.05) is 5.92 Å². The first-order valence-electron chi connectivity index (χ1n) is 4.62. The van der Waals surface area contributed by atoms with Crippen molar-refractivity contribution in [1.82, 2.24) is 0 Å². The van der Waals surface area contributed by atoms with Gasteiger partial charge in [0.2, 0.25) is 0 Å². The third kappa shape index (κ3) is 1.00. The normalized spacial score (nSPS) is 42.9. The van der Waals surface area contributed by atoms with Gasteiger partial charge < -0.3 is 9.47 Å². The summed E-state index contributed by atoms with van der Waals surface area (Å²) in [5.41, 5.74) is 0. The molecular weight excluding hydrogens is 248 g/mol. The summed E-state index contributed by atoms with van der Waals surface area (Å²) >= 11 is 3.34. The predicted molar refractivity (Wildman–Crippen MR) is 52.5 cm³/mol. The first kappa shape index (κ1) is 8.53. The summed E-state index contributed by atoms with van der Waals surface area (Å²) in [7, 11) is 0. The summed E-state index contributed by atoms with van der Waals surface area (Å²) in [6, 6.07) is 0. The molecule has 4 atom stereocenters. The van der Waals surface area contributed by atoms with E-state index >= 15 is 0 Å². The van der Waals surface area contributed by atoms with Crippen molar-refractivity contribution in [3.05, 3.63) is 24.0 Å². The molecule has 1 aliphatic carbocycles. The molecule has 0 aromatic carbocycles. The van der Waals surface area contributed by atoms with Crippen molar-refractivity contribution < 1.29 is 14.3 Å². The molecule has 0 spiro atoms. The summed E-state index contributed by atoms with van der Waals surface area (Å²) in [6.07, 6.45) is 5.61. The van der Waals surface area contributed by atoms with E-state index in [0.29, 0.717) is 5.33 Å². The van der Waals surface area contributed by atoms with Crippen LogP contribution < -0.4 is 0 Å². The van der Waals surface area contributed by atoms with E-state index in [2.05, 4.69) is 15.9 Å². The molecule has 3 aliphatic rings. The van der Waals surface area contributed by atoms with Gasteiger partial charge in [-0.1, -0.05) is 28.1 Å². The minimum atomic E-state index is -0.403. The van der Waals surface area contributed by atoms with Crippen LogP contribution in [0.4, 0.5) is 0 Å². The lowest BCUT2D eigenvalue weighted by Gasteiger charge is -2.38. The second-order valence-corrected chi connectivity index (χ2v) is 4.32. The van der Waals surface area contributed by atoms with Gasteiger partial charge in [-0.15, -0.1) is 0 Å². The molecule has 0 saturated carbocycles. The average Bonchev–Trinajstić information content (AvgIpc) is 2.52. The molecule has 0 aromatic rings. The summed E-state index contributed by atoms with van der Waals surface area (Å²) in [4.78, 5) is 11.5. The van der Waals surface area contributed by atoms with Gasteiger partial charge in [-0.3, -0.25) is 4.79 Å². The molecule has 3 nitrogen and oxygen atoms in total. The maximum absolute atomic E-state index is 11.5. The fourth-order valence-corrected chi connectivity index (χ4v) is 2.64. The van der Waals surface area contributed by atoms with Crippen molar-refractivity contribution in [2.24, 2.45) is 17.8 Å². The molecule has 2 heterocycles. The van der Waals surface area contributed by atoms with Crippen molar-refractivity contribution in [2.45, 2.75) is 6.29 Å². The summed E-state index contributed by atoms with van der Waals surface area (Å²) < 4.78 is 10.7. The van der Waals surface area contributed by atoms with Crippen LogP contribution in [-0.4, -0.2) is 17.6 Å². The molecule has 1 fully saturated rings. The highest BCUT2D eigenvalue weighted by atomic mass is 79.9. The molecular formula is C10H9BrO3. The van der Waals surface area contributed by atoms with Crippen molar-refractivity contribution in [2.75, 3.05) is 5.33 Å². The fourth-order valence-electron chi connectivity index (χ4n) is 2.32. The molecule has 2 aliphatic heterocycles. The van der Waals surface area contributed by atoms with Crippen molar-refractivity contribution >= 4 is 21.9 Å². The van der Waals surface area contributed by atoms with Gasteiger partial charge in [0.15, 0.2) is 0 Å². The summed E-state index contributed by atoms with van der Waals surface area (Å²) in [5.74, 6) is 1.10. The molecule has 0 radical (unpaired) electrons. The van der Waals surface area contributed by atoms with E-state index < -0.39 is 6.29 Å². The van der Waals surface area contributed by atoms with Gasteiger partial charge in [-0.25, -0.2) is 0 Å². The minimum absolute atomic E-state index is 0.0887. The number of allylic oxidation sites excluding steroid dienone is 2. The maximum atomic E-state index is 11.5. The van der Waals surface area contributed by atoms with Gasteiger partial charge in [0.25, 0.3) is 6.29 Å². The Morgan fingerprint density at radius 2 is 2.14 bits per heavy atom. The lowest BCUT2D eigenvalue weighted by molar-refractivity contribution is -0.201. The monoisotopic (exact) mass is 256 g/mol. The Hall–Kier alpha value is -0.770. The number of carbonyl (C=O) groups excluding carboxylic acids is 1. The van der Waals surface area contributed by atoms with E-state index in [1.165, 1.54) is 0 Å². The molecule has 4 heteroatoms. The van der Waals surface area contributed by atoms with Crippen molar-refractivity contribution in [3.8, 4) is 0 Å². The third-order valence-corrected chi connectivity index (χ3v) is 3.55. The number of alkyl halides is 1. The molecule has 74 valence electrons. The van der Waals surface area contributed by atoms with Crippen molar-refractivity contribution in [1.29, 1.82) is 0 Å². The van der Waals surface area contributed by atoms with Crippen LogP contribution in [-0.2, 0) is 14.3 Å². The van der Waals surface area contributed by atoms with Gasteiger partial charge in [-0.05, 0) is 6.08 Å². The smallest absolute Gasteiger partial charge is 0.316 e. The molecule has 4 bridgehead atoms. The highest BCUT2D eigenvalue weighted by Gasteiger charge is 2.50. The van der Waals surface area contributed by atoms with E-state index in [1.807, 2.05) is 18.2 Å². The number of ether oxygens (including phenoxy) is 2. The van der Waals surface area contributed by atoms with E-state index in [-0.39, 0.29) is 23.7 Å². The molecule has 3 rings (SSSR count). The molecule has 0 N–H and O–H groups in total. The molecule has 0 amide bonds. The zero-order valence-corrected chi connectivity index (χ0v) is 8.94. The van der Waals surface area contributed by atoms with Gasteiger partial charge in [0.1, 0.15) is 5.76 Å². The Morgan fingerprint density at radius 3 is 2.93 bits per heavy atom. The van der Waals surface area contributed by atoms with Crippen LogP contribution in [0.15, 0.2) is 24.0 Å². The van der Waals surface area contributed by atoms with E-state index in [1.54, 1.807) is 0 Å². The van der Waals surface area contributed by atoms with Crippen LogP contribution in [0.2, 0.25) is 0 Å². The Morgan fingerprint density at radius 1 is 1.29 bits per heavy atom. The predicted octanol–water partition coefficient (Wildman–Crippen LogP) is 1.60. The molecule has 0 unspecified atom stereocenters. The largest absolute Gasteiger partial charge is 0.458 e. The van der Waals surface area contributed by atoms with E-state index in [4.69, 9.17) is 9.47 Å². The van der Waals surface area contributed by atoms with Crippen LogP contribution >= 0.6 is 15.9 Å². The van der Waals surface area contributed by atoms with E-state index in [0.717, 1.165) is 5.76 Å². The lowest BCUT2D eigenvalue weighted by atomic mass is 9.83. The number of rotatable bonds is 1. The van der Waals surface area contributed by atoms with Crippen LogP contribution in [0.3, 0.4) is 0 Å². The second-order valence-electron chi connectivity index (χ2n) is 3.76. The molecule has 14 heavy (non-hydrogen) atoms. The SMILES string of the molecule is O=C1O[C@@H]2OC(CBr)=C[C@H]3[C@@H]2C=C[C@@H]13. The van der Waals surface area contributed by atoms with Gasteiger partial charge in [0.05, 0.1) is 17.2 Å². The molecule has 1 saturated heterocycles. The quantitative estimate of drug-likeness (QED) is 0.406. The Bertz CT molecular complexity index is 347. The first-order chi connectivity index (χ1) is 6.79. The lowest BCUT2D eigenvalue weighted by Crippen LogP contribution is -2.44. The number of hydrogen-bond acceptors (Lipinski definition) is 3. The van der Waals surface area contributed by atoms with Gasteiger partial charge in [-0.2, -0.15) is 0 Å². The Kier molecular flexibility index (Phi) is 1.74. The van der Waals surface area contributed by atoms with E-state index in [9.17, 15) is 4.79 Å².